The standard InChI is InChI=1S/C46H42N2O4S/c1-49-33-11-7-30(8-12-33)46(31-9-13-34(50-2)14-10-31)17-16-36-43-42(35-15-5-29(27-47)23-39(35)45(43)26-28-4-6-32(45)22-28)37-24-40(48-18-20-53-21-19-48)41(51-3)25-38(37)44(36)52-46/h5,7-17,23-25,28,32H,4,6,18-22,26H2,1-3H3. The highest BCUT2D eigenvalue weighted by molar-refractivity contribution is 7.99. The van der Waals surface area contributed by atoms with Crippen molar-refractivity contribution in [3.8, 4) is 40.2 Å². The summed E-state index contributed by atoms with van der Waals surface area (Å²) < 4.78 is 25.1. The number of anilines is 1. The molecule has 2 heterocycles. The van der Waals surface area contributed by atoms with Gasteiger partial charge in [0.25, 0.3) is 0 Å². The molecule has 5 aromatic carbocycles. The van der Waals surface area contributed by atoms with Crippen molar-refractivity contribution < 1.29 is 18.9 Å². The first-order valence-corrected chi connectivity index (χ1v) is 19.9. The second kappa shape index (κ2) is 12.2. The van der Waals surface area contributed by atoms with Crippen LogP contribution < -0.4 is 23.8 Å². The molecule has 2 aliphatic heterocycles. The van der Waals surface area contributed by atoms with Gasteiger partial charge in [-0.1, -0.05) is 42.8 Å². The number of ether oxygens (including phenoxy) is 4. The summed E-state index contributed by atoms with van der Waals surface area (Å²) in [6.45, 7) is 1.96. The van der Waals surface area contributed by atoms with Crippen LogP contribution in [-0.2, 0) is 11.0 Å². The van der Waals surface area contributed by atoms with E-state index in [1.165, 1.54) is 46.9 Å². The first-order chi connectivity index (χ1) is 26.0. The van der Waals surface area contributed by atoms with Gasteiger partial charge < -0.3 is 23.8 Å². The van der Waals surface area contributed by atoms with Crippen molar-refractivity contribution >= 4 is 34.3 Å². The lowest BCUT2D eigenvalue weighted by molar-refractivity contribution is 0.162. The molecule has 5 aromatic rings. The van der Waals surface area contributed by atoms with E-state index in [9.17, 15) is 5.26 Å². The zero-order chi connectivity index (χ0) is 35.9. The summed E-state index contributed by atoms with van der Waals surface area (Å²) in [5.41, 5.74) is 9.21. The fourth-order valence-corrected chi connectivity index (χ4v) is 11.5. The molecule has 0 radical (unpaired) electrons. The first-order valence-electron chi connectivity index (χ1n) is 18.8. The Morgan fingerprint density at radius 2 is 1.55 bits per heavy atom. The Bertz CT molecular complexity index is 2310. The summed E-state index contributed by atoms with van der Waals surface area (Å²) in [6.07, 6.45) is 9.42. The molecule has 0 N–H and O–H groups in total. The number of fused-ring (bicyclic) bond motifs is 13. The molecule has 3 fully saturated rings. The molecular weight excluding hydrogens is 677 g/mol. The average molecular weight is 719 g/mol. The number of nitriles is 1. The lowest BCUT2D eigenvalue weighted by Gasteiger charge is -2.41. The predicted octanol–water partition coefficient (Wildman–Crippen LogP) is 9.73. The highest BCUT2D eigenvalue weighted by atomic mass is 32.2. The van der Waals surface area contributed by atoms with Gasteiger partial charge in [0.05, 0.1) is 38.6 Å². The third-order valence-corrected chi connectivity index (χ3v) is 13.9. The van der Waals surface area contributed by atoms with Crippen LogP contribution in [0.4, 0.5) is 5.69 Å². The van der Waals surface area contributed by atoms with E-state index in [1.54, 1.807) is 21.3 Å². The van der Waals surface area contributed by atoms with Crippen molar-refractivity contribution in [2.45, 2.75) is 36.7 Å². The van der Waals surface area contributed by atoms with E-state index in [1.807, 2.05) is 42.1 Å². The van der Waals surface area contributed by atoms with Crippen LogP contribution in [0, 0.1) is 23.2 Å². The quantitative estimate of drug-likeness (QED) is 0.173. The maximum Gasteiger partial charge on any atom is 0.178 e. The predicted molar refractivity (Wildman–Crippen MR) is 213 cm³/mol. The van der Waals surface area contributed by atoms with Crippen LogP contribution in [0.25, 0.3) is 28.0 Å². The molecule has 10 rings (SSSR count). The number of nitrogens with zero attached hydrogens (tertiary/aromatic N) is 2. The maximum atomic E-state index is 10.2. The molecule has 266 valence electrons. The smallest absolute Gasteiger partial charge is 0.178 e. The normalized spacial score (nSPS) is 22.9. The molecule has 53 heavy (non-hydrogen) atoms. The Hall–Kier alpha value is -5.06. The van der Waals surface area contributed by atoms with Gasteiger partial charge in [-0.3, -0.25) is 0 Å². The second-order valence-corrected chi connectivity index (χ2v) is 16.4. The van der Waals surface area contributed by atoms with Gasteiger partial charge in [-0.2, -0.15) is 17.0 Å². The van der Waals surface area contributed by atoms with Crippen LogP contribution in [0.3, 0.4) is 0 Å². The molecule has 0 aromatic heterocycles. The van der Waals surface area contributed by atoms with Crippen LogP contribution in [0.1, 0.15) is 59.1 Å². The molecule has 1 saturated heterocycles. The van der Waals surface area contributed by atoms with Crippen molar-refractivity contribution in [2.75, 3.05) is 50.8 Å². The minimum absolute atomic E-state index is 0.172. The summed E-state index contributed by atoms with van der Waals surface area (Å²) in [5.74, 6) is 6.71. The van der Waals surface area contributed by atoms with Crippen LogP contribution in [-0.4, -0.2) is 45.9 Å². The SMILES string of the molecule is COc1ccc(C2(c3ccc(OC)cc3)C=Cc3c4c(c5cc(N6CCSCC6)c(OC)cc5c3O2)-c2ccc(C#N)cc2C42CC3CCC2C3)cc1. The molecule has 3 unspecified atom stereocenters. The average Bonchev–Trinajstić information content (AvgIpc) is 3.93. The number of thioether (sulfide) groups is 1. The monoisotopic (exact) mass is 718 g/mol. The van der Waals surface area contributed by atoms with E-state index in [0.717, 1.165) is 87.3 Å². The van der Waals surface area contributed by atoms with Gasteiger partial charge in [-0.05, 0) is 113 Å². The van der Waals surface area contributed by atoms with Crippen molar-refractivity contribution in [2.24, 2.45) is 11.8 Å². The molecule has 6 nitrogen and oxygen atoms in total. The number of benzene rings is 5. The summed E-state index contributed by atoms with van der Waals surface area (Å²) >= 11 is 2.01. The van der Waals surface area contributed by atoms with Gasteiger partial charge in [0, 0.05) is 52.1 Å². The van der Waals surface area contributed by atoms with Gasteiger partial charge in [0.1, 0.15) is 23.0 Å². The Morgan fingerprint density at radius 1 is 0.830 bits per heavy atom. The molecule has 1 spiro atoms. The maximum absolute atomic E-state index is 10.2. The van der Waals surface area contributed by atoms with Gasteiger partial charge in [-0.25, -0.2) is 0 Å². The van der Waals surface area contributed by atoms with Crippen molar-refractivity contribution in [3.63, 3.8) is 0 Å². The molecule has 2 saturated carbocycles. The van der Waals surface area contributed by atoms with Crippen LogP contribution in [0.5, 0.6) is 23.0 Å². The lowest BCUT2D eigenvalue weighted by atomic mass is 9.65. The summed E-state index contributed by atoms with van der Waals surface area (Å²) in [5, 5.41) is 12.4. The Labute approximate surface area is 315 Å². The number of rotatable bonds is 6. The van der Waals surface area contributed by atoms with Crippen LogP contribution in [0.15, 0.2) is 84.9 Å². The fraction of sp³-hybridized carbons (Fsp3) is 0.326. The minimum Gasteiger partial charge on any atom is -0.497 e. The number of methoxy groups -OCH3 is 3. The molecule has 3 aliphatic carbocycles. The van der Waals surface area contributed by atoms with Gasteiger partial charge in [0.2, 0.25) is 0 Å². The highest BCUT2D eigenvalue weighted by Crippen LogP contribution is 2.69. The molecule has 2 bridgehead atoms. The first kappa shape index (κ1) is 32.6. The topological polar surface area (TPSA) is 64.0 Å². The molecule has 5 aliphatic rings. The fourth-order valence-electron chi connectivity index (χ4n) is 10.6. The third kappa shape index (κ3) is 4.64. The van der Waals surface area contributed by atoms with Crippen LogP contribution in [0.2, 0.25) is 0 Å². The lowest BCUT2D eigenvalue weighted by Crippen LogP contribution is -2.36. The van der Waals surface area contributed by atoms with E-state index in [0.29, 0.717) is 11.8 Å². The molecule has 7 heteroatoms. The summed E-state index contributed by atoms with van der Waals surface area (Å²) in [4.78, 5) is 2.49. The highest BCUT2D eigenvalue weighted by Gasteiger charge is 2.59. The van der Waals surface area contributed by atoms with Crippen LogP contribution >= 0.6 is 11.8 Å². The van der Waals surface area contributed by atoms with E-state index in [2.05, 4.69) is 71.7 Å². The Kier molecular flexibility index (Phi) is 7.53. The number of hydrogen-bond acceptors (Lipinski definition) is 7. The molecule has 3 atom stereocenters. The van der Waals surface area contributed by atoms with Crippen molar-refractivity contribution in [1.29, 1.82) is 5.26 Å². The van der Waals surface area contributed by atoms with E-state index in [-0.39, 0.29) is 5.41 Å². The zero-order valence-electron chi connectivity index (χ0n) is 30.4. The number of hydrogen-bond donors (Lipinski definition) is 0. The van der Waals surface area contributed by atoms with Gasteiger partial charge in [-0.15, -0.1) is 0 Å². The van der Waals surface area contributed by atoms with Gasteiger partial charge in [0.15, 0.2) is 5.60 Å². The Balaban J connectivity index is 1.30. The minimum atomic E-state index is -0.927. The molecule has 0 amide bonds. The third-order valence-electron chi connectivity index (χ3n) is 12.9. The summed E-state index contributed by atoms with van der Waals surface area (Å²) in [7, 11) is 5.18. The largest absolute Gasteiger partial charge is 0.497 e. The van der Waals surface area contributed by atoms with E-state index < -0.39 is 5.60 Å². The Morgan fingerprint density at radius 3 is 2.15 bits per heavy atom. The summed E-state index contributed by atoms with van der Waals surface area (Å²) in [6, 6.07) is 30.0. The zero-order valence-corrected chi connectivity index (χ0v) is 31.2. The van der Waals surface area contributed by atoms with Crippen molar-refractivity contribution in [3.05, 3.63) is 118 Å². The molecular formula is C46H42N2O4S. The van der Waals surface area contributed by atoms with E-state index in [4.69, 9.17) is 18.9 Å². The van der Waals surface area contributed by atoms with Crippen molar-refractivity contribution in [1.82, 2.24) is 0 Å². The second-order valence-electron chi connectivity index (χ2n) is 15.2. The van der Waals surface area contributed by atoms with Gasteiger partial charge >= 0.3 is 0 Å². The van der Waals surface area contributed by atoms with E-state index >= 15 is 0 Å².